The fraction of sp³-hybridized carbons (Fsp3) is 0.588. The monoisotopic (exact) mass is 433 g/mol. The molecule has 0 spiro atoms. The van der Waals surface area contributed by atoms with E-state index in [-0.39, 0.29) is 21.8 Å². The van der Waals surface area contributed by atoms with Crippen molar-refractivity contribution in [3.8, 4) is 5.75 Å². The molecule has 0 N–H and O–H groups in total. The van der Waals surface area contributed by atoms with Gasteiger partial charge in [-0.3, -0.25) is 4.79 Å². The van der Waals surface area contributed by atoms with Crippen molar-refractivity contribution < 1.29 is 9.53 Å². The van der Waals surface area contributed by atoms with Gasteiger partial charge in [0.05, 0.1) is 17.4 Å². The van der Waals surface area contributed by atoms with Gasteiger partial charge in [0.1, 0.15) is 5.75 Å². The third-order valence-corrected chi connectivity index (χ3v) is 5.32. The predicted molar refractivity (Wildman–Crippen MR) is 99.9 cm³/mol. The Morgan fingerprint density at radius 3 is 2.64 bits per heavy atom. The molecule has 1 aliphatic rings. The number of carbonyl (C=O) groups excluding carboxylic acids is 1. The lowest BCUT2D eigenvalue weighted by Gasteiger charge is -2.40. The zero-order valence-electron chi connectivity index (χ0n) is 13.7. The van der Waals surface area contributed by atoms with Crippen molar-refractivity contribution in [2.24, 2.45) is 0 Å². The van der Waals surface area contributed by atoms with E-state index >= 15 is 0 Å². The number of benzene rings is 1. The summed E-state index contributed by atoms with van der Waals surface area (Å²) in [6.45, 7) is 3.01. The molecule has 0 aromatic heterocycles. The number of Topliss-reactive ketones (excluding diaryl/α,β-unsaturated/α-hetero) is 1. The Balaban J connectivity index is 0.00000242. The quantitative estimate of drug-likeness (QED) is 0.660. The van der Waals surface area contributed by atoms with Gasteiger partial charge in [-0.15, -0.1) is 17.0 Å². The highest BCUT2D eigenvalue weighted by Crippen LogP contribution is 2.43. The SMILES string of the molecule is Br.CCC1(CCN(C)C)C(=O)C(Br)Cc2ccc(OC)cc21. The second-order valence-electron chi connectivity index (χ2n) is 6.05. The van der Waals surface area contributed by atoms with Gasteiger partial charge >= 0.3 is 0 Å². The first-order valence-electron chi connectivity index (χ1n) is 7.45. The Bertz CT molecular complexity index is 533. The molecule has 0 aliphatic heterocycles. The number of alkyl halides is 1. The standard InChI is InChI=1S/C17H24BrNO2.BrH/c1-5-17(8-9-19(2)3)14-11-13(21-4)7-6-12(14)10-15(18)16(17)20;/h6-7,11,15H,5,8-10H2,1-4H3;1H. The van der Waals surface area contributed by atoms with Crippen LogP contribution in [0.25, 0.3) is 0 Å². The second-order valence-corrected chi connectivity index (χ2v) is 7.15. The number of ether oxygens (including phenoxy) is 1. The average molecular weight is 435 g/mol. The first-order chi connectivity index (χ1) is 9.94. The fourth-order valence-electron chi connectivity index (χ4n) is 3.24. The summed E-state index contributed by atoms with van der Waals surface area (Å²) >= 11 is 3.59. The van der Waals surface area contributed by atoms with Gasteiger partial charge in [-0.05, 0) is 63.2 Å². The molecule has 1 aromatic rings. The molecule has 1 aromatic carbocycles. The molecular formula is C17H25Br2NO2. The van der Waals surface area contributed by atoms with E-state index in [9.17, 15) is 4.79 Å². The Labute approximate surface area is 152 Å². The van der Waals surface area contributed by atoms with Crippen LogP contribution >= 0.6 is 32.9 Å². The van der Waals surface area contributed by atoms with Crippen LogP contribution in [0.4, 0.5) is 0 Å². The number of hydrogen-bond acceptors (Lipinski definition) is 3. The van der Waals surface area contributed by atoms with Crippen molar-refractivity contribution in [2.45, 2.75) is 36.4 Å². The molecular weight excluding hydrogens is 410 g/mol. The van der Waals surface area contributed by atoms with Crippen molar-refractivity contribution in [1.29, 1.82) is 0 Å². The molecule has 0 radical (unpaired) electrons. The van der Waals surface area contributed by atoms with Gasteiger partial charge in [-0.25, -0.2) is 0 Å². The number of halogens is 2. The van der Waals surface area contributed by atoms with Crippen molar-refractivity contribution >= 4 is 38.7 Å². The minimum Gasteiger partial charge on any atom is -0.497 e. The number of ketones is 1. The molecule has 0 amide bonds. The van der Waals surface area contributed by atoms with Crippen LogP contribution in [0.15, 0.2) is 18.2 Å². The van der Waals surface area contributed by atoms with Crippen molar-refractivity contribution in [3.63, 3.8) is 0 Å². The maximum absolute atomic E-state index is 12.9. The zero-order valence-corrected chi connectivity index (χ0v) is 17.0. The average Bonchev–Trinajstić information content (AvgIpc) is 2.48. The maximum atomic E-state index is 12.9. The summed E-state index contributed by atoms with van der Waals surface area (Å²) in [6, 6.07) is 6.15. The van der Waals surface area contributed by atoms with Gasteiger partial charge in [-0.2, -0.15) is 0 Å². The van der Waals surface area contributed by atoms with Crippen molar-refractivity contribution in [2.75, 3.05) is 27.7 Å². The molecule has 0 heterocycles. The molecule has 0 bridgehead atoms. The molecule has 2 rings (SSSR count). The Morgan fingerprint density at radius 2 is 2.09 bits per heavy atom. The highest BCUT2D eigenvalue weighted by atomic mass is 79.9. The van der Waals surface area contributed by atoms with Gasteiger partial charge in [0.15, 0.2) is 5.78 Å². The lowest BCUT2D eigenvalue weighted by Crippen LogP contribution is -2.47. The Hall–Kier alpha value is -0.390. The molecule has 22 heavy (non-hydrogen) atoms. The van der Waals surface area contributed by atoms with E-state index in [4.69, 9.17) is 4.74 Å². The number of hydrogen-bond donors (Lipinski definition) is 0. The van der Waals surface area contributed by atoms with Crippen molar-refractivity contribution in [1.82, 2.24) is 4.90 Å². The molecule has 5 heteroatoms. The van der Waals surface area contributed by atoms with Crippen LogP contribution in [0.1, 0.15) is 30.9 Å². The predicted octanol–water partition coefficient (Wildman–Crippen LogP) is 3.76. The number of nitrogens with zero attached hydrogens (tertiary/aromatic N) is 1. The van der Waals surface area contributed by atoms with Gasteiger partial charge in [0, 0.05) is 0 Å². The maximum Gasteiger partial charge on any atom is 0.157 e. The summed E-state index contributed by atoms with van der Waals surface area (Å²) in [5, 5.41) is 0. The summed E-state index contributed by atoms with van der Waals surface area (Å²) < 4.78 is 5.37. The second kappa shape index (κ2) is 7.93. The molecule has 2 atom stereocenters. The summed E-state index contributed by atoms with van der Waals surface area (Å²) in [4.78, 5) is 15.0. The zero-order chi connectivity index (χ0) is 15.6. The van der Waals surface area contributed by atoms with E-state index in [0.29, 0.717) is 5.78 Å². The van der Waals surface area contributed by atoms with E-state index in [1.54, 1.807) is 7.11 Å². The first-order valence-corrected chi connectivity index (χ1v) is 8.36. The number of fused-ring (bicyclic) bond motifs is 1. The number of carbonyl (C=O) groups is 1. The van der Waals surface area contributed by atoms with Crippen molar-refractivity contribution in [3.05, 3.63) is 29.3 Å². The summed E-state index contributed by atoms with van der Waals surface area (Å²) in [5.74, 6) is 1.14. The fourth-order valence-corrected chi connectivity index (χ4v) is 4.03. The highest BCUT2D eigenvalue weighted by Gasteiger charge is 2.45. The Kier molecular flexibility index (Phi) is 7.09. The van der Waals surface area contributed by atoms with E-state index in [2.05, 4.69) is 54.0 Å². The number of methoxy groups -OCH3 is 1. The third-order valence-electron chi connectivity index (χ3n) is 4.58. The molecule has 0 saturated carbocycles. The number of rotatable bonds is 5. The van der Waals surface area contributed by atoms with E-state index in [0.717, 1.165) is 37.1 Å². The lowest BCUT2D eigenvalue weighted by atomic mass is 9.65. The van der Waals surface area contributed by atoms with Crippen LogP contribution in [0.5, 0.6) is 5.75 Å². The minimum absolute atomic E-state index is 0. The first kappa shape index (κ1) is 19.7. The molecule has 1 aliphatic carbocycles. The van der Waals surface area contributed by atoms with Gasteiger partial charge < -0.3 is 9.64 Å². The lowest BCUT2D eigenvalue weighted by molar-refractivity contribution is -0.125. The van der Waals surface area contributed by atoms with Crippen LogP contribution in [0, 0.1) is 0 Å². The van der Waals surface area contributed by atoms with E-state index in [1.165, 1.54) is 5.56 Å². The smallest absolute Gasteiger partial charge is 0.157 e. The molecule has 124 valence electrons. The van der Waals surface area contributed by atoms with Gasteiger partial charge in [0.25, 0.3) is 0 Å². The van der Waals surface area contributed by atoms with Crippen LogP contribution < -0.4 is 4.74 Å². The van der Waals surface area contributed by atoms with E-state index < -0.39 is 5.41 Å². The van der Waals surface area contributed by atoms with Crippen LogP contribution in [-0.4, -0.2) is 43.3 Å². The minimum atomic E-state index is -0.402. The van der Waals surface area contributed by atoms with Gasteiger partial charge in [-0.1, -0.05) is 28.9 Å². The molecule has 2 unspecified atom stereocenters. The highest BCUT2D eigenvalue weighted by molar-refractivity contribution is 9.10. The van der Waals surface area contributed by atoms with Crippen LogP contribution in [-0.2, 0) is 16.6 Å². The third kappa shape index (κ3) is 3.57. The largest absolute Gasteiger partial charge is 0.497 e. The molecule has 0 saturated heterocycles. The summed E-state index contributed by atoms with van der Waals surface area (Å²) in [7, 11) is 5.77. The Morgan fingerprint density at radius 1 is 1.41 bits per heavy atom. The normalized spacial score (nSPS) is 23.9. The molecule has 3 nitrogen and oxygen atoms in total. The van der Waals surface area contributed by atoms with E-state index in [1.807, 2.05) is 6.07 Å². The summed E-state index contributed by atoms with van der Waals surface area (Å²) in [5.41, 5.74) is 2.02. The molecule has 0 fully saturated rings. The van der Waals surface area contributed by atoms with Crippen LogP contribution in [0.2, 0.25) is 0 Å². The van der Waals surface area contributed by atoms with Crippen LogP contribution in [0.3, 0.4) is 0 Å². The summed E-state index contributed by atoms with van der Waals surface area (Å²) in [6.07, 6.45) is 2.43. The van der Waals surface area contributed by atoms with Gasteiger partial charge in [0.2, 0.25) is 0 Å². The topological polar surface area (TPSA) is 29.5 Å².